The predicted octanol–water partition coefficient (Wildman–Crippen LogP) is 13.1. The molecule has 0 radical (unpaired) electrons. The molecule has 3 heterocycles. The molecule has 238 valence electrons. The number of hydrogen-bond acceptors (Lipinski definition) is 1. The van der Waals surface area contributed by atoms with Crippen molar-refractivity contribution in [3.8, 4) is 33.6 Å². The van der Waals surface area contributed by atoms with E-state index in [0.717, 1.165) is 38.9 Å². The van der Waals surface area contributed by atoms with Gasteiger partial charge in [-0.15, -0.1) is 0 Å². The topological polar surface area (TPSA) is 23.0 Å². The summed E-state index contributed by atoms with van der Waals surface area (Å²) in [5.41, 5.74) is 13.6. The van der Waals surface area contributed by atoms with E-state index in [1.54, 1.807) is 0 Å². The summed E-state index contributed by atoms with van der Waals surface area (Å²) in [5.74, 6) is 0. The summed E-state index contributed by atoms with van der Waals surface area (Å²) in [4.78, 5) is 0. The van der Waals surface area contributed by atoms with Gasteiger partial charge in [0.15, 0.2) is 0 Å². The van der Waals surface area contributed by atoms with Crippen LogP contribution in [0.5, 0.6) is 0 Å². The molecule has 3 heteroatoms. The minimum Gasteiger partial charge on any atom is -0.456 e. The third kappa shape index (κ3) is 4.12. The van der Waals surface area contributed by atoms with Crippen molar-refractivity contribution in [2.45, 2.75) is 0 Å². The van der Waals surface area contributed by atoms with Gasteiger partial charge in [-0.3, -0.25) is 0 Å². The van der Waals surface area contributed by atoms with Gasteiger partial charge in [-0.25, -0.2) is 0 Å². The van der Waals surface area contributed by atoms with Crippen molar-refractivity contribution < 1.29 is 4.42 Å². The first-order chi connectivity index (χ1) is 25.3. The number of aromatic nitrogens is 2. The summed E-state index contributed by atoms with van der Waals surface area (Å²) < 4.78 is 11.1. The minimum absolute atomic E-state index is 0.898. The Morgan fingerprint density at radius 3 is 1.67 bits per heavy atom. The third-order valence-electron chi connectivity index (χ3n) is 10.5. The van der Waals surface area contributed by atoms with Crippen LogP contribution in [0.4, 0.5) is 0 Å². The summed E-state index contributed by atoms with van der Waals surface area (Å²) in [6.45, 7) is 0. The molecule has 3 aromatic heterocycles. The Morgan fingerprint density at radius 2 is 0.902 bits per heavy atom. The van der Waals surface area contributed by atoms with E-state index in [4.69, 9.17) is 4.42 Å². The molecule has 0 aliphatic rings. The molecule has 0 saturated carbocycles. The van der Waals surface area contributed by atoms with Crippen molar-refractivity contribution in [3.63, 3.8) is 0 Å². The monoisotopic (exact) mass is 650 g/mol. The van der Waals surface area contributed by atoms with Crippen LogP contribution in [0.1, 0.15) is 0 Å². The van der Waals surface area contributed by atoms with Crippen LogP contribution < -0.4 is 0 Å². The zero-order chi connectivity index (χ0) is 33.5. The number of benzene rings is 8. The summed E-state index contributed by atoms with van der Waals surface area (Å²) in [6, 6.07) is 65.6. The van der Waals surface area contributed by atoms with Gasteiger partial charge in [-0.2, -0.15) is 0 Å². The second kappa shape index (κ2) is 10.8. The van der Waals surface area contributed by atoms with Crippen molar-refractivity contribution in [1.29, 1.82) is 0 Å². The average molecular weight is 651 g/mol. The van der Waals surface area contributed by atoms with Gasteiger partial charge in [-0.1, -0.05) is 115 Å². The summed E-state index contributed by atoms with van der Waals surface area (Å²) >= 11 is 0. The standard InChI is InChI=1S/C48H30N2O/c1-3-14-32(15-4-1)49-43-23-10-8-19-35(43)41-29-39(31-26-27-47-42(28-31)36-20-9-12-25-46(36)51-47)40(30-45(41)49)38-22-13-21-37-34-18-7-11-24-44(34)50(48(37)38)33-16-5-2-6-17-33/h1-30H. The normalized spacial score (nSPS) is 11.9. The van der Waals surface area contributed by atoms with Crippen LogP contribution in [-0.2, 0) is 0 Å². The van der Waals surface area contributed by atoms with E-state index in [0.29, 0.717) is 0 Å². The molecule has 0 spiro atoms. The minimum atomic E-state index is 0.898. The number of hydrogen-bond donors (Lipinski definition) is 0. The van der Waals surface area contributed by atoms with E-state index in [2.05, 4.69) is 179 Å². The lowest BCUT2D eigenvalue weighted by atomic mass is 9.90. The number of nitrogens with zero attached hydrogens (tertiary/aromatic N) is 2. The molecule has 0 fully saturated rings. The molecule has 8 aromatic carbocycles. The first-order valence-electron chi connectivity index (χ1n) is 17.4. The van der Waals surface area contributed by atoms with Crippen molar-refractivity contribution in [3.05, 3.63) is 182 Å². The fourth-order valence-corrected chi connectivity index (χ4v) is 8.31. The van der Waals surface area contributed by atoms with Gasteiger partial charge in [0.25, 0.3) is 0 Å². The Labute approximate surface area is 293 Å². The van der Waals surface area contributed by atoms with E-state index in [1.165, 1.54) is 60.3 Å². The van der Waals surface area contributed by atoms with Crippen molar-refractivity contribution in [2.75, 3.05) is 0 Å². The number of rotatable bonds is 4. The fourth-order valence-electron chi connectivity index (χ4n) is 8.31. The van der Waals surface area contributed by atoms with Crippen LogP contribution in [0.25, 0.3) is 99.2 Å². The summed E-state index contributed by atoms with van der Waals surface area (Å²) in [5, 5.41) is 7.18. The van der Waals surface area contributed by atoms with Gasteiger partial charge in [0.1, 0.15) is 11.2 Å². The van der Waals surface area contributed by atoms with Crippen LogP contribution in [0.2, 0.25) is 0 Å². The van der Waals surface area contributed by atoms with Crippen LogP contribution >= 0.6 is 0 Å². The molecular weight excluding hydrogens is 621 g/mol. The molecule has 0 aliphatic heterocycles. The largest absolute Gasteiger partial charge is 0.456 e. The SMILES string of the molecule is c1ccc(-n2c3ccccc3c3cc(-c4ccc5oc6ccccc6c5c4)c(-c4cccc5c6ccccc6n(-c6ccccc6)c45)cc32)cc1. The third-order valence-corrected chi connectivity index (χ3v) is 10.5. The van der Waals surface area contributed by atoms with Gasteiger partial charge in [-0.05, 0) is 83.4 Å². The molecule has 0 saturated heterocycles. The lowest BCUT2D eigenvalue weighted by Crippen LogP contribution is -1.97. The average Bonchev–Trinajstić information content (AvgIpc) is 3.85. The predicted molar refractivity (Wildman–Crippen MR) is 213 cm³/mol. The Hall–Kier alpha value is -6.84. The maximum Gasteiger partial charge on any atom is 0.135 e. The lowest BCUT2D eigenvalue weighted by molar-refractivity contribution is 0.669. The quantitative estimate of drug-likeness (QED) is 0.186. The van der Waals surface area contributed by atoms with E-state index >= 15 is 0 Å². The smallest absolute Gasteiger partial charge is 0.135 e. The van der Waals surface area contributed by atoms with Crippen LogP contribution in [0.3, 0.4) is 0 Å². The molecule has 0 N–H and O–H groups in total. The molecular formula is C48H30N2O. The molecule has 0 bridgehead atoms. The number of furan rings is 1. The molecule has 0 unspecified atom stereocenters. The highest BCUT2D eigenvalue weighted by atomic mass is 16.3. The van der Waals surface area contributed by atoms with Crippen LogP contribution in [0, 0.1) is 0 Å². The molecule has 11 aromatic rings. The Balaban J connectivity index is 1.31. The van der Waals surface area contributed by atoms with Crippen molar-refractivity contribution in [2.24, 2.45) is 0 Å². The summed E-state index contributed by atoms with van der Waals surface area (Å²) in [6.07, 6.45) is 0. The Kier molecular flexibility index (Phi) is 5.96. The lowest BCUT2D eigenvalue weighted by Gasteiger charge is -2.16. The highest BCUT2D eigenvalue weighted by molar-refractivity contribution is 6.18. The second-order valence-corrected chi connectivity index (χ2v) is 13.3. The maximum absolute atomic E-state index is 6.29. The van der Waals surface area contributed by atoms with E-state index in [9.17, 15) is 0 Å². The zero-order valence-corrected chi connectivity index (χ0v) is 27.6. The number of para-hydroxylation sites is 6. The van der Waals surface area contributed by atoms with E-state index in [-0.39, 0.29) is 0 Å². The van der Waals surface area contributed by atoms with E-state index < -0.39 is 0 Å². The molecule has 3 nitrogen and oxygen atoms in total. The highest BCUT2D eigenvalue weighted by Gasteiger charge is 2.22. The van der Waals surface area contributed by atoms with Gasteiger partial charge >= 0.3 is 0 Å². The number of fused-ring (bicyclic) bond motifs is 9. The molecule has 0 aliphatic carbocycles. The zero-order valence-electron chi connectivity index (χ0n) is 27.6. The fraction of sp³-hybridized carbons (Fsp3) is 0. The second-order valence-electron chi connectivity index (χ2n) is 13.3. The van der Waals surface area contributed by atoms with Gasteiger partial charge in [0, 0.05) is 49.3 Å². The Bertz CT molecular complexity index is 3130. The Morgan fingerprint density at radius 1 is 0.314 bits per heavy atom. The molecule has 0 atom stereocenters. The maximum atomic E-state index is 6.29. The van der Waals surface area contributed by atoms with Gasteiger partial charge in [0.2, 0.25) is 0 Å². The summed E-state index contributed by atoms with van der Waals surface area (Å²) in [7, 11) is 0. The first-order valence-corrected chi connectivity index (χ1v) is 17.4. The first kappa shape index (κ1) is 28.0. The van der Waals surface area contributed by atoms with Crippen LogP contribution in [-0.4, -0.2) is 9.13 Å². The van der Waals surface area contributed by atoms with Gasteiger partial charge < -0.3 is 13.6 Å². The molecule has 11 rings (SSSR count). The molecule has 51 heavy (non-hydrogen) atoms. The van der Waals surface area contributed by atoms with Crippen molar-refractivity contribution in [1.82, 2.24) is 9.13 Å². The van der Waals surface area contributed by atoms with Crippen molar-refractivity contribution >= 4 is 65.6 Å². The van der Waals surface area contributed by atoms with Gasteiger partial charge in [0.05, 0.1) is 22.1 Å². The molecule has 0 amide bonds. The van der Waals surface area contributed by atoms with E-state index in [1.807, 2.05) is 12.1 Å². The van der Waals surface area contributed by atoms with Crippen LogP contribution in [0.15, 0.2) is 186 Å². The highest BCUT2D eigenvalue weighted by Crippen LogP contribution is 2.45.